The van der Waals surface area contributed by atoms with Crippen molar-refractivity contribution in [1.29, 1.82) is 0 Å². The molecule has 1 saturated heterocycles. The van der Waals surface area contributed by atoms with Gasteiger partial charge in [0.25, 0.3) is 5.91 Å². The molecule has 6 nitrogen and oxygen atoms in total. The fraction of sp³-hybridized carbons (Fsp3) is 0.353. The first-order valence-electron chi connectivity index (χ1n) is 8.06. The number of nitrogens with one attached hydrogen (secondary N) is 1. The lowest BCUT2D eigenvalue weighted by Gasteiger charge is -2.16. The monoisotopic (exact) mass is 381 g/mol. The van der Waals surface area contributed by atoms with Gasteiger partial charge in [-0.3, -0.25) is 4.79 Å². The van der Waals surface area contributed by atoms with Crippen LogP contribution >= 0.6 is 11.6 Å². The molecule has 1 amide bonds. The van der Waals surface area contributed by atoms with Gasteiger partial charge in [0, 0.05) is 37.9 Å². The maximum Gasteiger partial charge on any atom is 0.270 e. The highest BCUT2D eigenvalue weighted by Crippen LogP contribution is 2.22. The first-order chi connectivity index (χ1) is 11.9. The highest BCUT2D eigenvalue weighted by atomic mass is 35.5. The van der Waals surface area contributed by atoms with Crippen molar-refractivity contribution >= 4 is 27.5 Å². The molecule has 1 aliphatic rings. The van der Waals surface area contributed by atoms with E-state index < -0.39 is 10.0 Å². The lowest BCUT2D eigenvalue weighted by atomic mass is 10.2. The van der Waals surface area contributed by atoms with Crippen LogP contribution in [0.1, 0.15) is 28.9 Å². The van der Waals surface area contributed by atoms with E-state index in [1.165, 1.54) is 21.5 Å². The lowest BCUT2D eigenvalue weighted by Crippen LogP contribution is -2.28. The summed E-state index contributed by atoms with van der Waals surface area (Å²) in [4.78, 5) is 17.0. The number of sulfonamides is 1. The van der Waals surface area contributed by atoms with Crippen molar-refractivity contribution in [2.24, 2.45) is 0 Å². The molecule has 0 atom stereocenters. The third-order valence-corrected chi connectivity index (χ3v) is 6.36. The van der Waals surface area contributed by atoms with Crippen molar-refractivity contribution < 1.29 is 13.2 Å². The zero-order valence-corrected chi connectivity index (χ0v) is 15.5. The normalized spacial score (nSPS) is 15.4. The zero-order chi connectivity index (χ0) is 18.0. The predicted molar refractivity (Wildman–Crippen MR) is 96.0 cm³/mol. The molecule has 0 bridgehead atoms. The van der Waals surface area contributed by atoms with Gasteiger partial charge >= 0.3 is 0 Å². The molecular formula is C17H20ClN3O3S. The molecule has 1 aliphatic heterocycles. The molecule has 3 rings (SSSR count). The topological polar surface area (TPSA) is 73.5 Å². The molecule has 134 valence electrons. The van der Waals surface area contributed by atoms with Crippen LogP contribution in [-0.4, -0.2) is 48.7 Å². The van der Waals surface area contributed by atoms with E-state index >= 15 is 0 Å². The van der Waals surface area contributed by atoms with E-state index in [9.17, 15) is 13.2 Å². The average molecular weight is 382 g/mol. The Labute approximate surface area is 152 Å². The minimum absolute atomic E-state index is 0.133. The summed E-state index contributed by atoms with van der Waals surface area (Å²) in [6.45, 7) is 1.45. The Hall–Kier alpha value is -1.83. The van der Waals surface area contributed by atoms with Gasteiger partial charge in [0.05, 0.1) is 0 Å². The van der Waals surface area contributed by atoms with Crippen molar-refractivity contribution in [2.45, 2.75) is 24.3 Å². The summed E-state index contributed by atoms with van der Waals surface area (Å²) in [5, 5.41) is 0.609. The second-order valence-electron chi connectivity index (χ2n) is 6.15. The van der Waals surface area contributed by atoms with Crippen LogP contribution in [0.3, 0.4) is 0 Å². The van der Waals surface area contributed by atoms with Crippen LogP contribution < -0.4 is 0 Å². The largest absolute Gasteiger partial charge is 0.356 e. The number of aromatic nitrogens is 1. The number of amides is 1. The Balaban J connectivity index is 1.74. The van der Waals surface area contributed by atoms with Gasteiger partial charge in [-0.05, 0) is 36.6 Å². The number of aromatic amines is 1. The van der Waals surface area contributed by atoms with Gasteiger partial charge in [-0.1, -0.05) is 23.7 Å². The maximum atomic E-state index is 12.5. The summed E-state index contributed by atoms with van der Waals surface area (Å²) in [5.74, 6) is -0.275. The first kappa shape index (κ1) is 18.0. The zero-order valence-electron chi connectivity index (χ0n) is 13.9. The van der Waals surface area contributed by atoms with E-state index in [1.54, 1.807) is 19.2 Å². The number of halogens is 1. The number of benzene rings is 1. The molecule has 1 aromatic carbocycles. The van der Waals surface area contributed by atoms with Crippen LogP contribution in [0.25, 0.3) is 0 Å². The van der Waals surface area contributed by atoms with E-state index in [1.807, 2.05) is 12.1 Å². The number of nitrogens with zero attached hydrogens (tertiary/aromatic N) is 2. The Kier molecular flexibility index (Phi) is 5.17. The molecule has 2 heterocycles. The van der Waals surface area contributed by atoms with Gasteiger partial charge in [0.2, 0.25) is 10.0 Å². The van der Waals surface area contributed by atoms with E-state index in [0.717, 1.165) is 18.4 Å². The fourth-order valence-electron chi connectivity index (χ4n) is 2.91. The van der Waals surface area contributed by atoms with Crippen LogP contribution in [0.2, 0.25) is 5.02 Å². The molecule has 0 unspecified atom stereocenters. The average Bonchev–Trinajstić information content (AvgIpc) is 3.26. The van der Waals surface area contributed by atoms with Gasteiger partial charge in [-0.25, -0.2) is 8.42 Å². The molecule has 0 spiro atoms. The number of carbonyl (C=O) groups is 1. The number of rotatable bonds is 5. The predicted octanol–water partition coefficient (Wildman–Crippen LogP) is 2.72. The van der Waals surface area contributed by atoms with Gasteiger partial charge in [-0.2, -0.15) is 4.31 Å². The molecule has 25 heavy (non-hydrogen) atoms. The number of hydrogen-bond acceptors (Lipinski definition) is 3. The highest BCUT2D eigenvalue weighted by molar-refractivity contribution is 7.89. The molecule has 8 heteroatoms. The minimum atomic E-state index is -3.53. The third kappa shape index (κ3) is 3.89. The van der Waals surface area contributed by atoms with Crippen molar-refractivity contribution in [3.05, 3.63) is 52.8 Å². The summed E-state index contributed by atoms with van der Waals surface area (Å²) >= 11 is 5.96. The molecule has 1 aromatic heterocycles. The molecule has 1 fully saturated rings. The smallest absolute Gasteiger partial charge is 0.270 e. The summed E-state index contributed by atoms with van der Waals surface area (Å²) in [6.07, 6.45) is 3.13. The highest BCUT2D eigenvalue weighted by Gasteiger charge is 2.29. The Morgan fingerprint density at radius 2 is 2.00 bits per heavy atom. The van der Waals surface area contributed by atoms with Gasteiger partial charge in [0.1, 0.15) is 10.6 Å². The van der Waals surface area contributed by atoms with E-state index in [-0.39, 0.29) is 16.5 Å². The van der Waals surface area contributed by atoms with Crippen LogP contribution in [0.4, 0.5) is 0 Å². The summed E-state index contributed by atoms with van der Waals surface area (Å²) < 4.78 is 26.5. The Morgan fingerprint density at radius 3 is 2.68 bits per heavy atom. The van der Waals surface area contributed by atoms with Crippen molar-refractivity contribution in [3.63, 3.8) is 0 Å². The fourth-order valence-corrected chi connectivity index (χ4v) is 4.64. The van der Waals surface area contributed by atoms with Gasteiger partial charge < -0.3 is 9.88 Å². The van der Waals surface area contributed by atoms with Crippen LogP contribution in [0.5, 0.6) is 0 Å². The molecular weight excluding hydrogens is 362 g/mol. The quantitative estimate of drug-likeness (QED) is 0.865. The lowest BCUT2D eigenvalue weighted by molar-refractivity contribution is 0.0780. The summed E-state index contributed by atoms with van der Waals surface area (Å²) in [6, 6.07) is 8.68. The van der Waals surface area contributed by atoms with E-state index in [0.29, 0.717) is 24.7 Å². The van der Waals surface area contributed by atoms with E-state index in [4.69, 9.17) is 11.6 Å². The standard InChI is InChI=1S/C17H20ClN3O3S/c1-20(12-13-5-4-6-14(18)9-13)17(22)16-10-15(11-19-16)25(23,24)21-7-2-3-8-21/h4-6,9-11,19H,2-3,7-8,12H2,1H3. The molecule has 0 aliphatic carbocycles. The Bertz CT molecular complexity index is 873. The third-order valence-electron chi connectivity index (χ3n) is 4.25. The summed E-state index contributed by atoms with van der Waals surface area (Å²) in [5.41, 5.74) is 1.15. The number of hydrogen-bond donors (Lipinski definition) is 1. The second-order valence-corrected chi connectivity index (χ2v) is 8.53. The summed E-state index contributed by atoms with van der Waals surface area (Å²) in [7, 11) is -1.86. The van der Waals surface area contributed by atoms with Gasteiger partial charge in [-0.15, -0.1) is 0 Å². The number of H-pyrrole nitrogens is 1. The van der Waals surface area contributed by atoms with Crippen LogP contribution in [-0.2, 0) is 16.6 Å². The first-order valence-corrected chi connectivity index (χ1v) is 9.88. The van der Waals surface area contributed by atoms with Crippen LogP contribution in [0.15, 0.2) is 41.4 Å². The molecule has 2 aromatic rings. The minimum Gasteiger partial charge on any atom is -0.356 e. The van der Waals surface area contributed by atoms with Crippen LogP contribution in [0, 0.1) is 0 Å². The van der Waals surface area contributed by atoms with Crippen molar-refractivity contribution in [1.82, 2.24) is 14.2 Å². The second kappa shape index (κ2) is 7.19. The number of carbonyl (C=O) groups excluding carboxylic acids is 1. The molecule has 1 N–H and O–H groups in total. The Morgan fingerprint density at radius 1 is 1.28 bits per heavy atom. The van der Waals surface area contributed by atoms with Crippen molar-refractivity contribution in [3.8, 4) is 0 Å². The SMILES string of the molecule is CN(Cc1cccc(Cl)c1)C(=O)c1cc(S(=O)(=O)N2CCCC2)c[nH]1. The molecule has 0 radical (unpaired) electrons. The van der Waals surface area contributed by atoms with Gasteiger partial charge in [0.15, 0.2) is 0 Å². The molecule has 0 saturated carbocycles. The van der Waals surface area contributed by atoms with E-state index in [2.05, 4.69) is 4.98 Å². The maximum absolute atomic E-state index is 12.5. The van der Waals surface area contributed by atoms with Crippen molar-refractivity contribution in [2.75, 3.05) is 20.1 Å².